The Morgan fingerprint density at radius 1 is 0.507 bits per heavy atom. The van der Waals surface area contributed by atoms with Crippen LogP contribution in [0.1, 0.15) is 258 Å². The molecular formula is C58H107NO8. The molecule has 1 aliphatic rings. The Labute approximate surface area is 412 Å². The van der Waals surface area contributed by atoms with Gasteiger partial charge in [-0.05, 0) is 57.8 Å². The number of nitrogens with one attached hydrogen (secondary N) is 1. The molecule has 67 heavy (non-hydrogen) atoms. The van der Waals surface area contributed by atoms with Crippen molar-refractivity contribution in [1.29, 1.82) is 0 Å². The SMILES string of the molecule is CCCCCCC/C=C\C/C=C\C/C=C\CCCCCCCCCCCCCCCCCCCCCCCCC(=O)NC(COC1OC(CO)C(O)C(O)C1O)C(O)/C=C/CCCCCCC. The minimum atomic E-state index is -1.56. The van der Waals surface area contributed by atoms with E-state index in [4.69, 9.17) is 9.47 Å². The predicted molar refractivity (Wildman–Crippen MR) is 281 cm³/mol. The molecule has 0 aromatic rings. The van der Waals surface area contributed by atoms with Gasteiger partial charge in [0.15, 0.2) is 6.29 Å². The van der Waals surface area contributed by atoms with Crippen molar-refractivity contribution < 1.29 is 39.8 Å². The fraction of sp³-hybridized carbons (Fsp3) is 0.845. The number of rotatable bonds is 48. The second kappa shape index (κ2) is 47.8. The van der Waals surface area contributed by atoms with Crippen LogP contribution >= 0.6 is 0 Å². The number of aliphatic hydroxyl groups is 5. The Bertz CT molecular complexity index is 1190. The Balaban J connectivity index is 1.99. The maximum Gasteiger partial charge on any atom is 0.220 e. The van der Waals surface area contributed by atoms with Crippen LogP contribution in [0.25, 0.3) is 0 Å². The first kappa shape index (κ1) is 63.2. The normalized spacial score (nSPS) is 20.0. The van der Waals surface area contributed by atoms with Crippen LogP contribution in [0.4, 0.5) is 0 Å². The molecule has 0 radical (unpaired) electrons. The topological polar surface area (TPSA) is 149 Å². The fourth-order valence-electron chi connectivity index (χ4n) is 8.87. The highest BCUT2D eigenvalue weighted by Crippen LogP contribution is 2.23. The van der Waals surface area contributed by atoms with Crippen LogP contribution in [0.3, 0.4) is 0 Å². The lowest BCUT2D eigenvalue weighted by molar-refractivity contribution is -0.302. The quantitative estimate of drug-likeness (QED) is 0.0261. The van der Waals surface area contributed by atoms with E-state index in [9.17, 15) is 30.3 Å². The summed E-state index contributed by atoms with van der Waals surface area (Å²) in [6, 6.07) is -0.800. The number of ether oxygens (including phenoxy) is 2. The number of hydrogen-bond donors (Lipinski definition) is 6. The summed E-state index contributed by atoms with van der Waals surface area (Å²) in [4.78, 5) is 12.9. The number of amides is 1. The minimum absolute atomic E-state index is 0.179. The average molecular weight is 946 g/mol. The molecule has 0 bridgehead atoms. The lowest BCUT2D eigenvalue weighted by Crippen LogP contribution is -2.60. The van der Waals surface area contributed by atoms with Gasteiger partial charge < -0.3 is 40.3 Å². The number of hydrogen-bond acceptors (Lipinski definition) is 8. The van der Waals surface area contributed by atoms with Gasteiger partial charge in [-0.1, -0.05) is 242 Å². The first-order valence-electron chi connectivity index (χ1n) is 28.4. The molecule has 1 saturated heterocycles. The van der Waals surface area contributed by atoms with Crippen molar-refractivity contribution in [3.05, 3.63) is 48.6 Å². The number of unbranched alkanes of at least 4 members (excludes halogenated alkanes) is 32. The molecule has 0 spiro atoms. The van der Waals surface area contributed by atoms with E-state index < -0.39 is 49.5 Å². The minimum Gasteiger partial charge on any atom is -0.394 e. The van der Waals surface area contributed by atoms with Crippen LogP contribution in [0, 0.1) is 0 Å². The number of allylic oxidation sites excluding steroid dienone is 7. The van der Waals surface area contributed by atoms with Gasteiger partial charge in [-0.2, -0.15) is 0 Å². The Morgan fingerprint density at radius 3 is 1.30 bits per heavy atom. The monoisotopic (exact) mass is 946 g/mol. The Morgan fingerprint density at radius 2 is 0.881 bits per heavy atom. The van der Waals surface area contributed by atoms with Gasteiger partial charge in [0.05, 0.1) is 25.4 Å². The lowest BCUT2D eigenvalue weighted by Gasteiger charge is -2.40. The molecule has 0 aromatic heterocycles. The van der Waals surface area contributed by atoms with Crippen molar-refractivity contribution in [3.63, 3.8) is 0 Å². The van der Waals surface area contributed by atoms with Gasteiger partial charge >= 0.3 is 0 Å². The van der Waals surface area contributed by atoms with E-state index in [2.05, 4.69) is 55.6 Å². The van der Waals surface area contributed by atoms with Gasteiger partial charge in [0.1, 0.15) is 24.4 Å². The first-order valence-corrected chi connectivity index (χ1v) is 28.4. The first-order chi connectivity index (χ1) is 32.8. The van der Waals surface area contributed by atoms with E-state index in [1.807, 2.05) is 6.08 Å². The number of carbonyl (C=O) groups is 1. The largest absolute Gasteiger partial charge is 0.394 e. The smallest absolute Gasteiger partial charge is 0.220 e. The van der Waals surface area contributed by atoms with Crippen LogP contribution in [-0.4, -0.2) is 87.5 Å². The van der Waals surface area contributed by atoms with Crippen LogP contribution in [0.2, 0.25) is 0 Å². The van der Waals surface area contributed by atoms with Crippen molar-refractivity contribution >= 4 is 5.91 Å². The summed E-state index contributed by atoms with van der Waals surface area (Å²) in [5.74, 6) is -0.179. The number of aliphatic hydroxyl groups excluding tert-OH is 5. The molecule has 1 heterocycles. The molecule has 7 atom stereocenters. The Hall–Kier alpha value is -1.85. The third-order valence-electron chi connectivity index (χ3n) is 13.4. The van der Waals surface area contributed by atoms with E-state index >= 15 is 0 Å². The van der Waals surface area contributed by atoms with Gasteiger partial charge in [-0.3, -0.25) is 4.79 Å². The van der Waals surface area contributed by atoms with Gasteiger partial charge in [0.2, 0.25) is 5.91 Å². The highest BCUT2D eigenvalue weighted by molar-refractivity contribution is 5.76. The summed E-state index contributed by atoms with van der Waals surface area (Å²) in [6.07, 6.45) is 56.6. The third-order valence-corrected chi connectivity index (χ3v) is 13.4. The summed E-state index contributed by atoms with van der Waals surface area (Å²) >= 11 is 0. The summed E-state index contributed by atoms with van der Waals surface area (Å²) in [5.41, 5.74) is 0. The molecule has 7 unspecified atom stereocenters. The van der Waals surface area contributed by atoms with Crippen LogP contribution in [-0.2, 0) is 14.3 Å². The second-order valence-electron chi connectivity index (χ2n) is 19.7. The molecule has 1 fully saturated rings. The molecule has 0 aliphatic carbocycles. The maximum absolute atomic E-state index is 12.9. The molecule has 1 amide bonds. The molecule has 0 saturated carbocycles. The predicted octanol–water partition coefficient (Wildman–Crippen LogP) is 13.7. The molecule has 392 valence electrons. The van der Waals surface area contributed by atoms with E-state index in [0.717, 1.165) is 51.4 Å². The van der Waals surface area contributed by atoms with E-state index in [0.29, 0.717) is 6.42 Å². The fourth-order valence-corrected chi connectivity index (χ4v) is 8.87. The van der Waals surface area contributed by atoms with Crippen molar-refractivity contribution in [1.82, 2.24) is 5.32 Å². The van der Waals surface area contributed by atoms with E-state index in [1.54, 1.807) is 6.08 Å². The molecule has 9 nitrogen and oxygen atoms in total. The molecule has 6 N–H and O–H groups in total. The molecular weight excluding hydrogens is 839 g/mol. The maximum atomic E-state index is 12.9. The Kier molecular flexibility index (Phi) is 45.1. The van der Waals surface area contributed by atoms with Gasteiger partial charge in [0.25, 0.3) is 0 Å². The van der Waals surface area contributed by atoms with E-state index in [-0.39, 0.29) is 12.5 Å². The summed E-state index contributed by atoms with van der Waals surface area (Å²) < 4.78 is 11.2. The molecule has 1 aliphatic heterocycles. The third kappa shape index (κ3) is 37.6. The highest BCUT2D eigenvalue weighted by atomic mass is 16.7. The summed E-state index contributed by atoms with van der Waals surface area (Å²) in [5, 5.41) is 54.0. The molecule has 9 heteroatoms. The van der Waals surface area contributed by atoms with Crippen molar-refractivity contribution in [2.45, 2.75) is 301 Å². The number of carbonyl (C=O) groups excluding carboxylic acids is 1. The zero-order chi connectivity index (χ0) is 48.7. The van der Waals surface area contributed by atoms with Crippen molar-refractivity contribution in [2.24, 2.45) is 0 Å². The van der Waals surface area contributed by atoms with Crippen LogP contribution < -0.4 is 5.32 Å². The lowest BCUT2D eigenvalue weighted by atomic mass is 9.99. The van der Waals surface area contributed by atoms with Gasteiger partial charge in [-0.25, -0.2) is 0 Å². The summed E-state index contributed by atoms with van der Waals surface area (Å²) in [6.45, 7) is 3.71. The second-order valence-corrected chi connectivity index (χ2v) is 19.7. The van der Waals surface area contributed by atoms with Crippen molar-refractivity contribution in [3.8, 4) is 0 Å². The van der Waals surface area contributed by atoms with Crippen molar-refractivity contribution in [2.75, 3.05) is 13.2 Å². The van der Waals surface area contributed by atoms with E-state index in [1.165, 1.54) is 186 Å². The highest BCUT2D eigenvalue weighted by Gasteiger charge is 2.44. The summed E-state index contributed by atoms with van der Waals surface area (Å²) in [7, 11) is 0. The zero-order valence-electron chi connectivity index (χ0n) is 43.4. The van der Waals surface area contributed by atoms with Crippen LogP contribution in [0.5, 0.6) is 0 Å². The van der Waals surface area contributed by atoms with Crippen LogP contribution in [0.15, 0.2) is 48.6 Å². The van der Waals surface area contributed by atoms with Gasteiger partial charge in [-0.15, -0.1) is 0 Å². The average Bonchev–Trinajstić information content (AvgIpc) is 3.33. The zero-order valence-corrected chi connectivity index (χ0v) is 43.4. The molecule has 0 aromatic carbocycles. The van der Waals surface area contributed by atoms with Gasteiger partial charge in [0, 0.05) is 6.42 Å². The molecule has 1 rings (SSSR count). The standard InChI is InChI=1S/C58H107NO8/c1-3-5-7-9-11-12-13-14-15-16-17-18-19-20-21-22-23-24-25-26-27-28-29-30-31-32-33-34-35-36-37-38-39-40-42-44-46-48-54(62)59-51(52(61)47-45-43-41-10-8-6-4-2)50-66-58-57(65)56(64)55(63)53(49-60)67-58/h13-14,16-17,19-20,45,47,51-53,55-58,60-61,63-65H,3-12,15,18,21-44,46,48-50H2,1-2H3,(H,59,62)/b14-13-,17-16-,20-19-,47-45+.